The summed E-state index contributed by atoms with van der Waals surface area (Å²) in [5.74, 6) is 1.11. The molecule has 1 amide bonds. The normalized spacial score (nSPS) is 15.4. The zero-order valence-corrected chi connectivity index (χ0v) is 11.7. The molecule has 1 saturated heterocycles. The van der Waals surface area contributed by atoms with Crippen LogP contribution in [0.1, 0.15) is 5.69 Å². The third kappa shape index (κ3) is 3.48. The molecule has 0 aliphatic carbocycles. The molecule has 0 unspecified atom stereocenters. The molecule has 1 fully saturated rings. The zero-order chi connectivity index (χ0) is 14.4. The van der Waals surface area contributed by atoms with Gasteiger partial charge in [-0.2, -0.15) is 0 Å². The molecule has 0 aromatic carbocycles. The van der Waals surface area contributed by atoms with Gasteiger partial charge in [0.2, 0.25) is 5.91 Å². The SMILES string of the molecule is COc1cnc(/C=C/C(=O)N2CCOCC2)cc1OC. The van der Waals surface area contributed by atoms with Gasteiger partial charge < -0.3 is 19.1 Å². The molecule has 0 bridgehead atoms. The van der Waals surface area contributed by atoms with Gasteiger partial charge in [-0.1, -0.05) is 0 Å². The first kappa shape index (κ1) is 14.3. The Bertz CT molecular complexity index is 496. The molecule has 108 valence electrons. The van der Waals surface area contributed by atoms with Crippen molar-refractivity contribution in [3.8, 4) is 11.5 Å². The Morgan fingerprint density at radius 1 is 1.30 bits per heavy atom. The molecular formula is C14H18N2O4. The number of aromatic nitrogens is 1. The molecule has 0 atom stereocenters. The van der Waals surface area contributed by atoms with Gasteiger partial charge in [0.05, 0.1) is 39.3 Å². The highest BCUT2D eigenvalue weighted by Gasteiger charge is 2.14. The van der Waals surface area contributed by atoms with E-state index >= 15 is 0 Å². The first-order chi connectivity index (χ1) is 9.74. The van der Waals surface area contributed by atoms with E-state index in [1.54, 1.807) is 37.5 Å². The number of ether oxygens (including phenoxy) is 3. The molecule has 2 rings (SSSR count). The van der Waals surface area contributed by atoms with Gasteiger partial charge in [-0.15, -0.1) is 0 Å². The zero-order valence-electron chi connectivity index (χ0n) is 11.7. The number of amides is 1. The predicted octanol–water partition coefficient (Wildman–Crippen LogP) is 0.971. The number of hydrogen-bond donors (Lipinski definition) is 0. The van der Waals surface area contributed by atoms with E-state index in [9.17, 15) is 4.79 Å². The summed E-state index contributed by atoms with van der Waals surface area (Å²) in [5, 5.41) is 0. The van der Waals surface area contributed by atoms with Crippen LogP contribution in [0.25, 0.3) is 6.08 Å². The van der Waals surface area contributed by atoms with Crippen molar-refractivity contribution in [3.63, 3.8) is 0 Å². The van der Waals surface area contributed by atoms with Crippen molar-refractivity contribution in [1.82, 2.24) is 9.88 Å². The monoisotopic (exact) mass is 278 g/mol. The van der Waals surface area contributed by atoms with Crippen LogP contribution in [0.15, 0.2) is 18.3 Å². The summed E-state index contributed by atoms with van der Waals surface area (Å²) < 4.78 is 15.5. The molecule has 1 aromatic heterocycles. The Labute approximate surface area is 118 Å². The average Bonchev–Trinajstić information content (AvgIpc) is 2.53. The Hall–Kier alpha value is -2.08. The van der Waals surface area contributed by atoms with Gasteiger partial charge in [-0.3, -0.25) is 9.78 Å². The van der Waals surface area contributed by atoms with Crippen LogP contribution in [-0.4, -0.2) is 56.3 Å². The summed E-state index contributed by atoms with van der Waals surface area (Å²) in [5.41, 5.74) is 0.643. The van der Waals surface area contributed by atoms with E-state index in [2.05, 4.69) is 4.98 Å². The molecule has 20 heavy (non-hydrogen) atoms. The van der Waals surface area contributed by atoms with E-state index in [1.807, 2.05) is 0 Å². The Balaban J connectivity index is 2.04. The number of methoxy groups -OCH3 is 2. The molecule has 2 heterocycles. The van der Waals surface area contributed by atoms with Crippen LogP contribution in [0.3, 0.4) is 0 Å². The summed E-state index contributed by atoms with van der Waals surface area (Å²) in [4.78, 5) is 17.9. The maximum Gasteiger partial charge on any atom is 0.246 e. The number of pyridine rings is 1. The van der Waals surface area contributed by atoms with Gasteiger partial charge in [0.15, 0.2) is 11.5 Å². The number of hydrogen-bond acceptors (Lipinski definition) is 5. The lowest BCUT2D eigenvalue weighted by Gasteiger charge is -2.25. The molecule has 0 N–H and O–H groups in total. The summed E-state index contributed by atoms with van der Waals surface area (Å²) >= 11 is 0. The fourth-order valence-electron chi connectivity index (χ4n) is 1.89. The van der Waals surface area contributed by atoms with Crippen LogP contribution in [0.2, 0.25) is 0 Å². The number of carbonyl (C=O) groups is 1. The van der Waals surface area contributed by atoms with E-state index in [1.165, 1.54) is 6.08 Å². The van der Waals surface area contributed by atoms with Crippen LogP contribution >= 0.6 is 0 Å². The van der Waals surface area contributed by atoms with E-state index in [-0.39, 0.29) is 5.91 Å². The average molecular weight is 278 g/mol. The molecular weight excluding hydrogens is 260 g/mol. The Morgan fingerprint density at radius 3 is 2.65 bits per heavy atom. The molecule has 0 radical (unpaired) electrons. The second kappa shape index (κ2) is 6.91. The first-order valence-electron chi connectivity index (χ1n) is 6.37. The smallest absolute Gasteiger partial charge is 0.246 e. The standard InChI is InChI=1S/C14H18N2O4/c1-18-12-9-11(15-10-13(12)19-2)3-4-14(17)16-5-7-20-8-6-16/h3-4,9-10H,5-8H2,1-2H3/b4-3+. The minimum Gasteiger partial charge on any atom is -0.493 e. The lowest BCUT2D eigenvalue weighted by Crippen LogP contribution is -2.39. The highest BCUT2D eigenvalue weighted by atomic mass is 16.5. The molecule has 1 aromatic rings. The minimum atomic E-state index is -0.0371. The fourth-order valence-corrected chi connectivity index (χ4v) is 1.89. The molecule has 0 saturated carbocycles. The van der Waals surface area contributed by atoms with E-state index in [0.29, 0.717) is 43.5 Å². The maximum atomic E-state index is 11.9. The summed E-state index contributed by atoms with van der Waals surface area (Å²) in [6.07, 6.45) is 4.75. The second-order valence-corrected chi connectivity index (χ2v) is 4.24. The number of nitrogens with zero attached hydrogens (tertiary/aromatic N) is 2. The van der Waals surface area contributed by atoms with Crippen LogP contribution in [0.5, 0.6) is 11.5 Å². The molecule has 6 nitrogen and oxygen atoms in total. The van der Waals surface area contributed by atoms with Crippen molar-refractivity contribution in [2.45, 2.75) is 0 Å². The predicted molar refractivity (Wildman–Crippen MR) is 73.8 cm³/mol. The lowest BCUT2D eigenvalue weighted by atomic mass is 10.3. The van der Waals surface area contributed by atoms with Crippen LogP contribution in [-0.2, 0) is 9.53 Å². The summed E-state index contributed by atoms with van der Waals surface area (Å²) in [6.45, 7) is 2.44. The van der Waals surface area contributed by atoms with Gasteiger partial charge in [-0.05, 0) is 6.08 Å². The largest absolute Gasteiger partial charge is 0.493 e. The molecule has 6 heteroatoms. The second-order valence-electron chi connectivity index (χ2n) is 4.24. The van der Waals surface area contributed by atoms with Crippen molar-refractivity contribution < 1.29 is 19.0 Å². The number of rotatable bonds is 4. The highest BCUT2D eigenvalue weighted by molar-refractivity contribution is 5.91. The maximum absolute atomic E-state index is 11.9. The van der Waals surface area contributed by atoms with E-state index in [0.717, 1.165) is 0 Å². The number of carbonyl (C=O) groups excluding carboxylic acids is 1. The Morgan fingerprint density at radius 2 is 2.00 bits per heavy atom. The molecule has 0 spiro atoms. The van der Waals surface area contributed by atoms with Crippen molar-refractivity contribution in [3.05, 3.63) is 24.0 Å². The van der Waals surface area contributed by atoms with Crippen molar-refractivity contribution in [2.24, 2.45) is 0 Å². The van der Waals surface area contributed by atoms with Gasteiger partial charge in [-0.25, -0.2) is 0 Å². The lowest BCUT2D eigenvalue weighted by molar-refractivity contribution is -0.129. The van der Waals surface area contributed by atoms with Crippen LogP contribution in [0.4, 0.5) is 0 Å². The fraction of sp³-hybridized carbons (Fsp3) is 0.429. The summed E-state index contributed by atoms with van der Waals surface area (Å²) in [7, 11) is 3.11. The Kier molecular flexibility index (Phi) is 4.95. The summed E-state index contributed by atoms with van der Waals surface area (Å²) in [6, 6.07) is 1.72. The minimum absolute atomic E-state index is 0.0371. The topological polar surface area (TPSA) is 60.9 Å². The van der Waals surface area contributed by atoms with E-state index < -0.39 is 0 Å². The van der Waals surface area contributed by atoms with Gasteiger partial charge in [0, 0.05) is 25.2 Å². The molecule has 1 aliphatic rings. The van der Waals surface area contributed by atoms with E-state index in [4.69, 9.17) is 14.2 Å². The van der Waals surface area contributed by atoms with Crippen molar-refractivity contribution >= 4 is 12.0 Å². The van der Waals surface area contributed by atoms with Gasteiger partial charge in [0.25, 0.3) is 0 Å². The van der Waals surface area contributed by atoms with Gasteiger partial charge in [0.1, 0.15) is 0 Å². The quantitative estimate of drug-likeness (QED) is 0.768. The van der Waals surface area contributed by atoms with Crippen LogP contribution < -0.4 is 9.47 Å². The van der Waals surface area contributed by atoms with Crippen molar-refractivity contribution in [2.75, 3.05) is 40.5 Å². The molecule has 1 aliphatic heterocycles. The number of morpholine rings is 1. The van der Waals surface area contributed by atoms with Crippen molar-refractivity contribution in [1.29, 1.82) is 0 Å². The third-order valence-corrected chi connectivity index (χ3v) is 3.01. The van der Waals surface area contributed by atoms with Gasteiger partial charge >= 0.3 is 0 Å². The first-order valence-corrected chi connectivity index (χ1v) is 6.37. The third-order valence-electron chi connectivity index (χ3n) is 3.01. The highest BCUT2D eigenvalue weighted by Crippen LogP contribution is 2.26. The van der Waals surface area contributed by atoms with Crippen LogP contribution in [0, 0.1) is 0 Å².